The predicted octanol–water partition coefficient (Wildman–Crippen LogP) is 7.61. The summed E-state index contributed by atoms with van der Waals surface area (Å²) in [4.78, 5) is 0. The fourth-order valence-electron chi connectivity index (χ4n) is 9.33. The van der Waals surface area contributed by atoms with Crippen LogP contribution in [0.2, 0.25) is 0 Å². The van der Waals surface area contributed by atoms with E-state index >= 15 is 0 Å². The van der Waals surface area contributed by atoms with Gasteiger partial charge in [0.15, 0.2) is 0 Å². The van der Waals surface area contributed by atoms with Crippen molar-refractivity contribution in [2.45, 2.75) is 124 Å². The van der Waals surface area contributed by atoms with Gasteiger partial charge < -0.3 is 5.11 Å². The second-order valence-corrected chi connectivity index (χ2v) is 12.8. The molecule has 4 aliphatic rings. The van der Waals surface area contributed by atoms with Gasteiger partial charge in [0.1, 0.15) is 0 Å². The predicted molar refractivity (Wildman–Crippen MR) is 119 cm³/mol. The van der Waals surface area contributed by atoms with Gasteiger partial charge in [-0.3, -0.25) is 0 Å². The van der Waals surface area contributed by atoms with Crippen LogP contribution in [-0.2, 0) is 0 Å². The average molecular weight is 389 g/mol. The molecule has 0 radical (unpaired) electrons. The quantitative estimate of drug-likeness (QED) is 0.513. The Labute approximate surface area is 175 Å². The zero-order valence-electron chi connectivity index (χ0n) is 19.6. The molecule has 0 heterocycles. The summed E-state index contributed by atoms with van der Waals surface area (Å²) in [5, 5.41) is 10.1. The minimum atomic E-state index is -0.492. The molecule has 4 saturated carbocycles. The largest absolute Gasteiger partial charge is 0.390 e. The molecular formula is C27H48O. The summed E-state index contributed by atoms with van der Waals surface area (Å²) >= 11 is 0. The molecule has 162 valence electrons. The molecule has 28 heavy (non-hydrogen) atoms. The highest BCUT2D eigenvalue weighted by Crippen LogP contribution is 2.68. The highest BCUT2D eigenvalue weighted by molar-refractivity contribution is 5.09. The third kappa shape index (κ3) is 3.61. The van der Waals surface area contributed by atoms with Gasteiger partial charge in [-0.1, -0.05) is 46.5 Å². The fraction of sp³-hybridized carbons (Fsp3) is 1.00. The van der Waals surface area contributed by atoms with E-state index in [1.165, 1.54) is 70.6 Å². The molecule has 0 aliphatic heterocycles. The summed E-state index contributed by atoms with van der Waals surface area (Å²) in [6.07, 6.45) is 18.6. The van der Waals surface area contributed by atoms with Gasteiger partial charge >= 0.3 is 0 Å². The molecule has 0 bridgehead atoms. The van der Waals surface area contributed by atoms with Crippen LogP contribution < -0.4 is 0 Å². The maximum absolute atomic E-state index is 10.1. The number of hydrogen-bond acceptors (Lipinski definition) is 1. The Balaban J connectivity index is 1.45. The van der Waals surface area contributed by atoms with Crippen LogP contribution in [0.4, 0.5) is 0 Å². The van der Waals surface area contributed by atoms with Crippen molar-refractivity contribution in [1.82, 2.24) is 0 Å². The summed E-state index contributed by atoms with van der Waals surface area (Å²) in [5.41, 5.74) is 0.792. The molecule has 0 saturated heterocycles. The monoisotopic (exact) mass is 388 g/mol. The number of fused-ring (bicyclic) bond motifs is 5. The van der Waals surface area contributed by atoms with Crippen molar-refractivity contribution < 1.29 is 5.11 Å². The maximum Gasteiger partial charge on any atom is 0.0591 e. The van der Waals surface area contributed by atoms with E-state index in [2.05, 4.69) is 20.8 Å². The molecule has 1 heteroatoms. The average Bonchev–Trinajstić information content (AvgIpc) is 2.97. The lowest BCUT2D eigenvalue weighted by molar-refractivity contribution is -0.114. The van der Waals surface area contributed by atoms with Crippen LogP contribution in [0.1, 0.15) is 118 Å². The molecule has 4 rings (SSSR count). The van der Waals surface area contributed by atoms with E-state index in [9.17, 15) is 5.11 Å². The number of hydrogen-bond donors (Lipinski definition) is 1. The minimum Gasteiger partial charge on any atom is -0.390 e. The Kier molecular flexibility index (Phi) is 5.74. The van der Waals surface area contributed by atoms with Crippen LogP contribution in [0.15, 0.2) is 0 Å². The van der Waals surface area contributed by atoms with Gasteiger partial charge in [0.05, 0.1) is 5.60 Å². The topological polar surface area (TPSA) is 20.2 Å². The van der Waals surface area contributed by atoms with Crippen molar-refractivity contribution >= 4 is 0 Å². The molecule has 0 aromatic rings. The van der Waals surface area contributed by atoms with Gasteiger partial charge in [-0.2, -0.15) is 0 Å². The first-order valence-corrected chi connectivity index (χ1v) is 12.9. The smallest absolute Gasteiger partial charge is 0.0591 e. The van der Waals surface area contributed by atoms with E-state index in [4.69, 9.17) is 0 Å². The molecule has 0 aromatic carbocycles. The van der Waals surface area contributed by atoms with Gasteiger partial charge in [0, 0.05) is 0 Å². The van der Waals surface area contributed by atoms with E-state index in [1.807, 2.05) is 13.8 Å². The van der Waals surface area contributed by atoms with Crippen molar-refractivity contribution in [3.8, 4) is 0 Å². The maximum atomic E-state index is 10.1. The SMILES string of the molecule is CC(CCCC(C)(C)O)[C@H]1CC[C@H]2[C@@H]3CCC4CCCC[C@]4(C)[C@H]3CC[C@]12C. The lowest BCUT2D eigenvalue weighted by Crippen LogP contribution is -2.53. The van der Waals surface area contributed by atoms with Crippen LogP contribution in [0.25, 0.3) is 0 Å². The second kappa shape index (κ2) is 7.58. The highest BCUT2D eigenvalue weighted by atomic mass is 16.3. The molecule has 1 N–H and O–H groups in total. The molecular weight excluding hydrogens is 340 g/mol. The third-order valence-electron chi connectivity index (χ3n) is 10.8. The first-order chi connectivity index (χ1) is 13.2. The molecule has 1 nitrogen and oxygen atoms in total. The van der Waals surface area contributed by atoms with E-state index in [0.717, 1.165) is 41.9 Å². The molecule has 4 aliphatic carbocycles. The Hall–Kier alpha value is -0.0400. The summed E-state index contributed by atoms with van der Waals surface area (Å²) in [7, 11) is 0. The normalized spacial score (nSPS) is 47.1. The van der Waals surface area contributed by atoms with Crippen LogP contribution in [0, 0.1) is 46.3 Å². The Morgan fingerprint density at radius 1 is 0.893 bits per heavy atom. The first-order valence-electron chi connectivity index (χ1n) is 12.9. The number of aliphatic hydroxyl groups is 1. The molecule has 0 amide bonds. The van der Waals surface area contributed by atoms with Gasteiger partial charge in [0.2, 0.25) is 0 Å². The summed E-state index contributed by atoms with van der Waals surface area (Å²) in [6, 6.07) is 0. The molecule has 2 unspecified atom stereocenters. The lowest BCUT2D eigenvalue weighted by Gasteiger charge is -2.61. The molecule has 4 fully saturated rings. The Morgan fingerprint density at radius 3 is 2.39 bits per heavy atom. The van der Waals surface area contributed by atoms with Crippen LogP contribution in [0.5, 0.6) is 0 Å². The molecule has 0 spiro atoms. The summed E-state index contributed by atoms with van der Waals surface area (Å²) in [5.74, 6) is 5.88. The standard InChI is InChI=1S/C27H48O/c1-19(9-8-16-25(2,3)28)22-13-14-23-21-12-11-20-10-6-7-17-26(20,4)24(21)15-18-27(22,23)5/h19-24,28H,6-18H2,1-5H3/t19?,20?,21-,22+,23-,24-,26-,27+/m0/s1. The van der Waals surface area contributed by atoms with Crippen molar-refractivity contribution in [3.63, 3.8) is 0 Å². The van der Waals surface area contributed by atoms with Gasteiger partial charge in [0.25, 0.3) is 0 Å². The van der Waals surface area contributed by atoms with E-state index in [-0.39, 0.29) is 0 Å². The first kappa shape index (κ1) is 21.2. The van der Waals surface area contributed by atoms with Crippen molar-refractivity contribution in [2.75, 3.05) is 0 Å². The van der Waals surface area contributed by atoms with E-state index < -0.39 is 5.60 Å². The molecule has 8 atom stereocenters. The van der Waals surface area contributed by atoms with E-state index in [1.54, 1.807) is 6.42 Å². The van der Waals surface area contributed by atoms with Crippen molar-refractivity contribution in [3.05, 3.63) is 0 Å². The van der Waals surface area contributed by atoms with Crippen LogP contribution in [-0.4, -0.2) is 10.7 Å². The zero-order chi connectivity index (χ0) is 20.2. The minimum absolute atomic E-state index is 0.492. The molecule has 0 aromatic heterocycles. The van der Waals surface area contributed by atoms with Gasteiger partial charge in [-0.15, -0.1) is 0 Å². The van der Waals surface area contributed by atoms with Gasteiger partial charge in [-0.05, 0) is 118 Å². The van der Waals surface area contributed by atoms with Crippen LogP contribution in [0.3, 0.4) is 0 Å². The Morgan fingerprint density at radius 2 is 1.64 bits per heavy atom. The second-order valence-electron chi connectivity index (χ2n) is 12.8. The summed E-state index contributed by atoms with van der Waals surface area (Å²) < 4.78 is 0. The zero-order valence-corrected chi connectivity index (χ0v) is 19.6. The van der Waals surface area contributed by atoms with Gasteiger partial charge in [-0.25, -0.2) is 0 Å². The Bertz CT molecular complexity index is 547. The number of rotatable bonds is 5. The lowest BCUT2D eigenvalue weighted by atomic mass is 9.44. The fourth-order valence-corrected chi connectivity index (χ4v) is 9.33. The highest BCUT2D eigenvalue weighted by Gasteiger charge is 2.60. The van der Waals surface area contributed by atoms with Crippen molar-refractivity contribution in [2.24, 2.45) is 46.3 Å². The third-order valence-corrected chi connectivity index (χ3v) is 10.8. The van der Waals surface area contributed by atoms with Crippen LogP contribution >= 0.6 is 0 Å². The summed E-state index contributed by atoms with van der Waals surface area (Å²) in [6.45, 7) is 11.9. The van der Waals surface area contributed by atoms with E-state index in [0.29, 0.717) is 10.8 Å². The van der Waals surface area contributed by atoms with Crippen molar-refractivity contribution in [1.29, 1.82) is 0 Å².